The maximum Gasteiger partial charge on any atom is 0.0547 e. The van der Waals surface area contributed by atoms with Crippen molar-refractivity contribution in [2.45, 2.75) is 0 Å². The Hall–Kier alpha value is -5.70. The van der Waals surface area contributed by atoms with Crippen LogP contribution in [0.5, 0.6) is 0 Å². The number of fused-ring (bicyclic) bond motifs is 4. The molecule has 7 aromatic carbocycles. The normalized spacial score (nSPS) is 11.5. The van der Waals surface area contributed by atoms with Crippen LogP contribution < -0.4 is 0 Å². The molecule has 0 saturated heterocycles. The van der Waals surface area contributed by atoms with Crippen LogP contribution in [-0.4, -0.2) is 4.57 Å². The van der Waals surface area contributed by atoms with Gasteiger partial charge in [0.15, 0.2) is 0 Å². The number of para-hydroxylation sites is 2. The topological polar surface area (TPSA) is 4.93 Å². The first kappa shape index (κ1) is 26.7. The summed E-state index contributed by atoms with van der Waals surface area (Å²) in [7, 11) is 0. The molecule has 2 heterocycles. The Labute approximate surface area is 272 Å². The smallest absolute Gasteiger partial charge is 0.0547 e. The zero-order chi connectivity index (χ0) is 30.5. The summed E-state index contributed by atoms with van der Waals surface area (Å²) in [5.41, 5.74) is 11.1. The largest absolute Gasteiger partial charge is 0.309 e. The highest BCUT2D eigenvalue weighted by Crippen LogP contribution is 2.50. The summed E-state index contributed by atoms with van der Waals surface area (Å²) < 4.78 is 2.46. The third kappa shape index (κ3) is 4.23. The maximum atomic E-state index is 2.46. The van der Waals surface area contributed by atoms with E-state index in [1.807, 2.05) is 11.3 Å². The average Bonchev–Trinajstić information content (AvgIpc) is 3.68. The van der Waals surface area contributed by atoms with Gasteiger partial charge in [0.25, 0.3) is 0 Å². The number of aromatic nitrogens is 1. The third-order valence-corrected chi connectivity index (χ3v) is 10.3. The van der Waals surface area contributed by atoms with Crippen molar-refractivity contribution in [3.8, 4) is 48.8 Å². The number of benzene rings is 7. The van der Waals surface area contributed by atoms with Crippen LogP contribution in [0.3, 0.4) is 0 Å². The van der Waals surface area contributed by atoms with E-state index in [1.165, 1.54) is 81.4 Å². The van der Waals surface area contributed by atoms with E-state index in [0.717, 1.165) is 0 Å². The summed E-state index contributed by atoms with van der Waals surface area (Å²) in [4.78, 5) is 2.58. The minimum absolute atomic E-state index is 1.19. The maximum absolute atomic E-state index is 2.46. The number of hydrogen-bond donors (Lipinski definition) is 0. The highest BCUT2D eigenvalue weighted by atomic mass is 32.1. The first-order chi connectivity index (χ1) is 22.9. The van der Waals surface area contributed by atoms with Gasteiger partial charge < -0.3 is 4.57 Å². The van der Waals surface area contributed by atoms with E-state index in [2.05, 4.69) is 180 Å². The molecule has 0 saturated carbocycles. The fourth-order valence-electron chi connectivity index (χ4n) is 7.05. The quantitative estimate of drug-likeness (QED) is 0.184. The SMILES string of the molecule is c1ccc(-c2ccccc2-c2sc(-c3cccc(-n4c5ccccc5c5ccccc54)c3-c3ccccc3)c3ccccc23)cc1. The number of nitrogens with zero attached hydrogens (tertiary/aromatic N) is 1. The van der Waals surface area contributed by atoms with E-state index in [9.17, 15) is 0 Å². The van der Waals surface area contributed by atoms with Crippen molar-refractivity contribution < 1.29 is 0 Å². The van der Waals surface area contributed by atoms with Gasteiger partial charge in [0.05, 0.1) is 16.7 Å². The molecule has 9 rings (SSSR count). The van der Waals surface area contributed by atoms with E-state index >= 15 is 0 Å². The minimum Gasteiger partial charge on any atom is -0.309 e. The molecule has 0 aliphatic heterocycles. The molecule has 2 heteroatoms. The summed E-state index contributed by atoms with van der Waals surface area (Å²) in [5, 5.41) is 5.10. The zero-order valence-electron chi connectivity index (χ0n) is 25.1. The number of hydrogen-bond acceptors (Lipinski definition) is 1. The Kier molecular flexibility index (Phi) is 6.40. The van der Waals surface area contributed by atoms with Gasteiger partial charge in [0.2, 0.25) is 0 Å². The molecule has 0 spiro atoms. The van der Waals surface area contributed by atoms with Crippen LogP contribution in [0, 0.1) is 0 Å². The lowest BCUT2D eigenvalue weighted by Gasteiger charge is -2.18. The molecule has 46 heavy (non-hydrogen) atoms. The molecule has 0 radical (unpaired) electrons. The van der Waals surface area contributed by atoms with Gasteiger partial charge in [-0.25, -0.2) is 0 Å². The van der Waals surface area contributed by atoms with Crippen molar-refractivity contribution in [3.05, 3.63) is 176 Å². The minimum atomic E-state index is 1.19. The van der Waals surface area contributed by atoms with Crippen LogP contribution in [0.1, 0.15) is 0 Å². The predicted octanol–water partition coefficient (Wildman–Crippen LogP) is 12.7. The van der Waals surface area contributed by atoms with Gasteiger partial charge in [-0.1, -0.05) is 158 Å². The lowest BCUT2D eigenvalue weighted by atomic mass is 9.94. The molecular formula is C44H29NS. The summed E-state index contributed by atoms with van der Waals surface area (Å²) in [6.07, 6.45) is 0. The third-order valence-electron chi connectivity index (χ3n) is 9.05. The van der Waals surface area contributed by atoms with Gasteiger partial charge in [0, 0.05) is 48.0 Å². The molecule has 1 nitrogen and oxygen atoms in total. The van der Waals surface area contributed by atoms with Crippen LogP contribution in [-0.2, 0) is 0 Å². The average molecular weight is 604 g/mol. The highest BCUT2D eigenvalue weighted by Gasteiger charge is 2.22. The Bertz CT molecular complexity index is 2460. The summed E-state index contributed by atoms with van der Waals surface area (Å²) in [6, 6.07) is 63.7. The fourth-order valence-corrected chi connectivity index (χ4v) is 8.40. The lowest BCUT2D eigenvalue weighted by Crippen LogP contribution is -1.99. The van der Waals surface area contributed by atoms with Gasteiger partial charge in [0.1, 0.15) is 0 Å². The molecule has 0 amide bonds. The molecule has 0 fully saturated rings. The van der Waals surface area contributed by atoms with E-state index < -0.39 is 0 Å². The molecule has 0 unspecified atom stereocenters. The van der Waals surface area contributed by atoms with Crippen LogP contribution in [0.4, 0.5) is 0 Å². The molecule has 9 aromatic rings. The van der Waals surface area contributed by atoms with Gasteiger partial charge in [-0.2, -0.15) is 0 Å². The number of thiophene rings is 1. The zero-order valence-corrected chi connectivity index (χ0v) is 25.9. The summed E-state index contributed by atoms with van der Waals surface area (Å²) >= 11 is 1.90. The van der Waals surface area contributed by atoms with Crippen LogP contribution in [0.15, 0.2) is 176 Å². The van der Waals surface area contributed by atoms with Crippen molar-refractivity contribution in [1.82, 2.24) is 4.57 Å². The highest BCUT2D eigenvalue weighted by molar-refractivity contribution is 7.21. The second-order valence-corrected chi connectivity index (χ2v) is 12.7. The first-order valence-corrected chi connectivity index (χ1v) is 16.5. The van der Waals surface area contributed by atoms with Gasteiger partial charge in [-0.15, -0.1) is 11.3 Å². The van der Waals surface area contributed by atoms with E-state index in [1.54, 1.807) is 0 Å². The van der Waals surface area contributed by atoms with E-state index in [0.29, 0.717) is 0 Å². The standard InChI is InChI=1S/C44H29NS/c1-3-16-30(17-4-1)32-20-7-8-23-35(32)43-36-24-9-10-25-37(36)44(46-43)38-26-15-29-41(42(38)31-18-5-2-6-19-31)45-39-27-13-11-21-33(39)34-22-12-14-28-40(34)45/h1-29H. The monoisotopic (exact) mass is 603 g/mol. The molecule has 216 valence electrons. The Morgan fingerprint density at radius 2 is 0.783 bits per heavy atom. The van der Waals surface area contributed by atoms with Gasteiger partial charge in [-0.05, 0) is 34.9 Å². The predicted molar refractivity (Wildman–Crippen MR) is 198 cm³/mol. The molecule has 0 bridgehead atoms. The molecule has 0 aliphatic rings. The Morgan fingerprint density at radius 1 is 0.326 bits per heavy atom. The molecule has 0 atom stereocenters. The van der Waals surface area contributed by atoms with E-state index in [-0.39, 0.29) is 0 Å². The van der Waals surface area contributed by atoms with Gasteiger partial charge in [-0.3, -0.25) is 0 Å². The van der Waals surface area contributed by atoms with Crippen molar-refractivity contribution in [1.29, 1.82) is 0 Å². The van der Waals surface area contributed by atoms with Crippen LogP contribution in [0.2, 0.25) is 0 Å². The Morgan fingerprint density at radius 3 is 1.41 bits per heavy atom. The molecule has 2 aromatic heterocycles. The Balaban J connectivity index is 1.36. The summed E-state index contributed by atoms with van der Waals surface area (Å²) in [5.74, 6) is 0. The van der Waals surface area contributed by atoms with Crippen molar-refractivity contribution in [3.63, 3.8) is 0 Å². The molecule has 0 N–H and O–H groups in total. The lowest BCUT2D eigenvalue weighted by molar-refractivity contribution is 1.18. The molecule has 0 aliphatic carbocycles. The van der Waals surface area contributed by atoms with Crippen LogP contribution >= 0.6 is 11.3 Å². The molecular weight excluding hydrogens is 575 g/mol. The van der Waals surface area contributed by atoms with Crippen molar-refractivity contribution >= 4 is 43.9 Å². The second kappa shape index (κ2) is 11.0. The number of rotatable bonds is 5. The first-order valence-electron chi connectivity index (χ1n) is 15.7. The van der Waals surface area contributed by atoms with E-state index in [4.69, 9.17) is 0 Å². The van der Waals surface area contributed by atoms with Crippen molar-refractivity contribution in [2.24, 2.45) is 0 Å². The fraction of sp³-hybridized carbons (Fsp3) is 0. The van der Waals surface area contributed by atoms with Crippen molar-refractivity contribution in [2.75, 3.05) is 0 Å². The van der Waals surface area contributed by atoms with Gasteiger partial charge >= 0.3 is 0 Å². The second-order valence-electron chi connectivity index (χ2n) is 11.7. The summed E-state index contributed by atoms with van der Waals surface area (Å²) in [6.45, 7) is 0. The van der Waals surface area contributed by atoms with Crippen LogP contribution in [0.25, 0.3) is 81.4 Å².